The highest BCUT2D eigenvalue weighted by Crippen LogP contribution is 2.16. The topological polar surface area (TPSA) is 84.5 Å². The van der Waals surface area contributed by atoms with Crippen LogP contribution in [0.25, 0.3) is 0 Å². The molecule has 4 atom stereocenters. The van der Waals surface area contributed by atoms with Crippen molar-refractivity contribution in [3.63, 3.8) is 0 Å². The van der Waals surface area contributed by atoms with Crippen LogP contribution >= 0.6 is 0 Å². The molecular weight excluding hydrogens is 284 g/mol. The zero-order valence-electron chi connectivity index (χ0n) is 13.9. The summed E-state index contributed by atoms with van der Waals surface area (Å²) >= 11 is 0. The van der Waals surface area contributed by atoms with Crippen molar-refractivity contribution in [2.75, 3.05) is 0 Å². The van der Waals surface area contributed by atoms with Gasteiger partial charge >= 0.3 is 0 Å². The fourth-order valence-corrected chi connectivity index (χ4v) is 2.29. The van der Waals surface area contributed by atoms with Gasteiger partial charge in [-0.2, -0.15) is 0 Å². The first-order valence-corrected chi connectivity index (χ1v) is 8.07. The van der Waals surface area contributed by atoms with Crippen LogP contribution in [0.4, 0.5) is 0 Å². The summed E-state index contributed by atoms with van der Waals surface area (Å²) in [6.07, 6.45) is 2.19. The maximum atomic E-state index is 12.2. The Kier molecular flexibility index (Phi) is 7.51. The highest BCUT2D eigenvalue weighted by Gasteiger charge is 2.30. The Morgan fingerprint density at radius 2 is 2.14 bits per heavy atom. The number of rotatable bonds is 9. The van der Waals surface area contributed by atoms with E-state index in [1.807, 2.05) is 13.8 Å². The minimum atomic E-state index is -0.549. The van der Waals surface area contributed by atoms with E-state index in [1.54, 1.807) is 0 Å². The van der Waals surface area contributed by atoms with Crippen LogP contribution in [0.3, 0.4) is 0 Å². The van der Waals surface area contributed by atoms with E-state index in [1.165, 1.54) is 0 Å². The smallest absolute Gasteiger partial charge is 0.244 e. The molecule has 0 radical (unpaired) electrons. The minimum Gasteiger partial charge on any atom is -0.348 e. The van der Waals surface area contributed by atoms with Crippen molar-refractivity contribution in [2.45, 2.75) is 71.8 Å². The monoisotopic (exact) mass is 312 g/mol. The number of nitrogens with one attached hydrogen (secondary N) is 2. The van der Waals surface area contributed by atoms with Gasteiger partial charge in [-0.3, -0.25) is 9.59 Å². The Balaban J connectivity index is 2.66. The molecule has 6 heteroatoms. The van der Waals surface area contributed by atoms with E-state index in [9.17, 15) is 14.4 Å². The van der Waals surface area contributed by atoms with E-state index in [0.717, 1.165) is 12.7 Å². The number of ether oxygens (including phenoxy) is 1. The maximum Gasteiger partial charge on any atom is 0.244 e. The average Bonchev–Trinajstić information content (AvgIpc) is 2.90. The number of amides is 2. The fraction of sp³-hybridized carbons (Fsp3) is 0.812. The molecule has 1 unspecified atom stereocenters. The van der Waals surface area contributed by atoms with Gasteiger partial charge in [-0.05, 0) is 24.7 Å². The molecule has 1 fully saturated rings. The third-order valence-corrected chi connectivity index (χ3v) is 4.04. The van der Waals surface area contributed by atoms with Crippen LogP contribution in [0.2, 0.25) is 0 Å². The summed E-state index contributed by atoms with van der Waals surface area (Å²) in [5.41, 5.74) is 0. The maximum absolute atomic E-state index is 12.2. The molecule has 126 valence electrons. The van der Waals surface area contributed by atoms with Gasteiger partial charge in [-0.15, -0.1) is 0 Å². The Labute approximate surface area is 132 Å². The summed E-state index contributed by atoms with van der Waals surface area (Å²) in [5, 5.41) is 5.47. The van der Waals surface area contributed by atoms with Crippen molar-refractivity contribution < 1.29 is 19.1 Å². The van der Waals surface area contributed by atoms with E-state index in [-0.39, 0.29) is 17.7 Å². The van der Waals surface area contributed by atoms with Crippen molar-refractivity contribution in [3.8, 4) is 0 Å². The summed E-state index contributed by atoms with van der Waals surface area (Å²) in [6, 6.07) is -0.496. The summed E-state index contributed by atoms with van der Waals surface area (Å²) < 4.78 is 5.78. The number of carbonyl (C=O) groups is 3. The van der Waals surface area contributed by atoms with Crippen LogP contribution in [-0.2, 0) is 19.1 Å². The number of hydrogen-bond donors (Lipinski definition) is 2. The molecule has 6 nitrogen and oxygen atoms in total. The second-order valence-electron chi connectivity index (χ2n) is 6.39. The number of carbonyl (C=O) groups excluding carboxylic acids is 3. The van der Waals surface area contributed by atoms with Crippen LogP contribution in [0, 0.1) is 11.8 Å². The molecule has 0 saturated carbocycles. The van der Waals surface area contributed by atoms with Gasteiger partial charge < -0.3 is 20.2 Å². The normalized spacial score (nSPS) is 22.0. The first kappa shape index (κ1) is 18.6. The van der Waals surface area contributed by atoms with E-state index in [0.29, 0.717) is 25.2 Å². The summed E-state index contributed by atoms with van der Waals surface area (Å²) in [4.78, 5) is 34.6. The molecule has 2 amide bonds. The van der Waals surface area contributed by atoms with Crippen molar-refractivity contribution in [3.05, 3.63) is 0 Å². The lowest BCUT2D eigenvalue weighted by atomic mass is 10.0. The molecular formula is C16H28N2O4. The largest absolute Gasteiger partial charge is 0.348 e. The molecule has 0 bridgehead atoms. The molecule has 1 rings (SSSR count). The van der Waals surface area contributed by atoms with Crippen molar-refractivity contribution in [1.29, 1.82) is 0 Å². The quantitative estimate of drug-likeness (QED) is 0.497. The van der Waals surface area contributed by atoms with Gasteiger partial charge in [0.15, 0.2) is 0 Å². The first-order valence-electron chi connectivity index (χ1n) is 8.07. The van der Waals surface area contributed by atoms with Gasteiger partial charge in [-0.25, -0.2) is 0 Å². The summed E-state index contributed by atoms with van der Waals surface area (Å²) in [7, 11) is 0. The van der Waals surface area contributed by atoms with E-state index in [4.69, 9.17) is 4.74 Å². The molecule has 1 saturated heterocycles. The zero-order valence-corrected chi connectivity index (χ0v) is 13.9. The third-order valence-electron chi connectivity index (χ3n) is 4.04. The Hall–Kier alpha value is -1.43. The fourth-order valence-electron chi connectivity index (χ4n) is 2.29. The molecule has 0 aromatic heterocycles. The molecule has 1 aliphatic heterocycles. The van der Waals surface area contributed by atoms with Crippen LogP contribution in [-0.4, -0.2) is 36.5 Å². The molecule has 0 aromatic rings. The molecule has 0 aliphatic carbocycles. The second-order valence-corrected chi connectivity index (χ2v) is 6.39. The van der Waals surface area contributed by atoms with Gasteiger partial charge in [0.25, 0.3) is 0 Å². The van der Waals surface area contributed by atoms with Gasteiger partial charge in [0.2, 0.25) is 11.8 Å². The third kappa shape index (κ3) is 5.75. The number of aldehydes is 1. The van der Waals surface area contributed by atoms with Crippen molar-refractivity contribution in [1.82, 2.24) is 10.6 Å². The standard InChI is InChI=1S/C16H28N2O4/c1-5-11(4)8-15(22-13(9-19)10(2)3)18-16(21)12-6-7-14(20)17-12/h9-13,15H,5-8H2,1-4H3,(H,17,20)(H,18,21)/t11-,12-,13+,15?/m0/s1. The van der Waals surface area contributed by atoms with E-state index in [2.05, 4.69) is 24.5 Å². The van der Waals surface area contributed by atoms with Crippen LogP contribution in [0.1, 0.15) is 53.4 Å². The van der Waals surface area contributed by atoms with E-state index < -0.39 is 18.4 Å². The summed E-state index contributed by atoms with van der Waals surface area (Å²) in [6.45, 7) is 7.95. The van der Waals surface area contributed by atoms with Crippen LogP contribution in [0.5, 0.6) is 0 Å². The first-order chi connectivity index (χ1) is 10.4. The SMILES string of the molecule is CC[C@H](C)CC(NC(=O)[C@@H]1CCC(=O)N1)O[C@H](C=O)C(C)C. The predicted molar refractivity (Wildman–Crippen MR) is 82.9 cm³/mol. The molecule has 22 heavy (non-hydrogen) atoms. The van der Waals surface area contributed by atoms with Crippen LogP contribution < -0.4 is 10.6 Å². The lowest BCUT2D eigenvalue weighted by molar-refractivity contribution is -0.138. The van der Waals surface area contributed by atoms with Crippen molar-refractivity contribution >= 4 is 18.1 Å². The molecule has 2 N–H and O–H groups in total. The molecule has 1 aliphatic rings. The zero-order chi connectivity index (χ0) is 16.7. The van der Waals surface area contributed by atoms with Crippen LogP contribution in [0.15, 0.2) is 0 Å². The Bertz CT molecular complexity index is 398. The number of hydrogen-bond acceptors (Lipinski definition) is 4. The second kappa shape index (κ2) is 8.88. The van der Waals surface area contributed by atoms with Gasteiger partial charge in [0, 0.05) is 6.42 Å². The summed E-state index contributed by atoms with van der Waals surface area (Å²) in [5.74, 6) is 0.0583. The predicted octanol–water partition coefficient (Wildman–Crippen LogP) is 1.38. The van der Waals surface area contributed by atoms with Gasteiger partial charge in [0.1, 0.15) is 24.7 Å². The lowest BCUT2D eigenvalue weighted by Crippen LogP contribution is -2.48. The highest BCUT2D eigenvalue weighted by atomic mass is 16.5. The van der Waals surface area contributed by atoms with Crippen molar-refractivity contribution in [2.24, 2.45) is 11.8 Å². The Morgan fingerprint density at radius 1 is 1.45 bits per heavy atom. The molecule has 1 heterocycles. The Morgan fingerprint density at radius 3 is 2.59 bits per heavy atom. The lowest BCUT2D eigenvalue weighted by Gasteiger charge is -2.27. The van der Waals surface area contributed by atoms with E-state index >= 15 is 0 Å². The van der Waals surface area contributed by atoms with Gasteiger partial charge in [-0.1, -0.05) is 34.1 Å². The molecule has 0 spiro atoms. The molecule has 0 aromatic carbocycles. The highest BCUT2D eigenvalue weighted by molar-refractivity contribution is 5.90. The van der Waals surface area contributed by atoms with Gasteiger partial charge in [0.05, 0.1) is 0 Å². The average molecular weight is 312 g/mol. The minimum absolute atomic E-state index is 0.0417.